The molecular formula is C54H33N3. The SMILES string of the molecule is c1ccc2cc(-c3ccc4nc(-c5cc(-n6c7ccccc7c7cc8ccccc8cc76)c6ccccc6c5)nc(-c5ccc6ccccc6c5)c4c3)ccc2c1. The third kappa shape index (κ3) is 5.13. The predicted octanol–water partition coefficient (Wildman–Crippen LogP) is 14.3. The van der Waals surface area contributed by atoms with Gasteiger partial charge in [0, 0.05) is 32.7 Å². The minimum absolute atomic E-state index is 0.697. The summed E-state index contributed by atoms with van der Waals surface area (Å²) in [4.78, 5) is 10.9. The second-order valence-corrected chi connectivity index (χ2v) is 15.0. The van der Waals surface area contributed by atoms with Gasteiger partial charge in [-0.25, -0.2) is 9.97 Å². The highest BCUT2D eigenvalue weighted by Crippen LogP contribution is 2.40. The summed E-state index contributed by atoms with van der Waals surface area (Å²) in [7, 11) is 0. The van der Waals surface area contributed by atoms with Crippen molar-refractivity contribution in [3.63, 3.8) is 0 Å². The van der Waals surface area contributed by atoms with Gasteiger partial charge in [0.1, 0.15) is 0 Å². The maximum Gasteiger partial charge on any atom is 0.160 e. The van der Waals surface area contributed by atoms with Crippen LogP contribution in [0.3, 0.4) is 0 Å². The number of hydrogen-bond acceptors (Lipinski definition) is 2. The first-order chi connectivity index (χ1) is 28.2. The van der Waals surface area contributed by atoms with Gasteiger partial charge in [0.2, 0.25) is 0 Å². The van der Waals surface area contributed by atoms with Crippen LogP contribution in [-0.4, -0.2) is 14.5 Å². The summed E-state index contributed by atoms with van der Waals surface area (Å²) < 4.78 is 2.43. The van der Waals surface area contributed by atoms with E-state index in [1.807, 2.05) is 0 Å². The van der Waals surface area contributed by atoms with E-state index >= 15 is 0 Å². The zero-order chi connectivity index (χ0) is 37.5. The lowest BCUT2D eigenvalue weighted by molar-refractivity contribution is 1.19. The molecule has 0 radical (unpaired) electrons. The molecule has 0 aliphatic carbocycles. The fourth-order valence-electron chi connectivity index (χ4n) is 8.88. The largest absolute Gasteiger partial charge is 0.309 e. The van der Waals surface area contributed by atoms with Gasteiger partial charge >= 0.3 is 0 Å². The Labute approximate surface area is 328 Å². The number of aromatic nitrogens is 3. The molecule has 0 spiro atoms. The summed E-state index contributed by atoms with van der Waals surface area (Å²) in [6.45, 7) is 0. The van der Waals surface area contributed by atoms with Crippen molar-refractivity contribution >= 4 is 75.8 Å². The number of benzene rings is 10. The summed E-state index contributed by atoms with van der Waals surface area (Å²) in [6.07, 6.45) is 0. The van der Waals surface area contributed by atoms with Gasteiger partial charge in [0.05, 0.1) is 27.9 Å². The average Bonchev–Trinajstić information content (AvgIpc) is 3.59. The molecule has 0 amide bonds. The minimum atomic E-state index is 0.697. The van der Waals surface area contributed by atoms with Crippen LogP contribution in [-0.2, 0) is 0 Å². The molecule has 0 aliphatic rings. The lowest BCUT2D eigenvalue weighted by atomic mass is 9.97. The van der Waals surface area contributed by atoms with Crippen molar-refractivity contribution in [3.8, 4) is 39.5 Å². The Hall–Kier alpha value is -7.62. The van der Waals surface area contributed by atoms with Crippen molar-refractivity contribution < 1.29 is 0 Å². The van der Waals surface area contributed by atoms with Gasteiger partial charge in [-0.2, -0.15) is 0 Å². The van der Waals surface area contributed by atoms with E-state index in [2.05, 4.69) is 205 Å². The fourth-order valence-corrected chi connectivity index (χ4v) is 8.88. The Bertz CT molecular complexity index is 3590. The Morgan fingerprint density at radius 2 is 0.842 bits per heavy atom. The zero-order valence-corrected chi connectivity index (χ0v) is 30.9. The van der Waals surface area contributed by atoms with Crippen molar-refractivity contribution in [3.05, 3.63) is 200 Å². The van der Waals surface area contributed by atoms with Crippen molar-refractivity contribution in [2.45, 2.75) is 0 Å². The number of fused-ring (bicyclic) bond motifs is 8. The first kappa shape index (κ1) is 31.7. The molecule has 12 rings (SSSR count). The molecule has 3 heteroatoms. The zero-order valence-electron chi connectivity index (χ0n) is 30.9. The Morgan fingerprint density at radius 3 is 1.60 bits per heavy atom. The van der Waals surface area contributed by atoms with Crippen LogP contribution in [0.15, 0.2) is 200 Å². The van der Waals surface area contributed by atoms with Gasteiger partial charge in [0.25, 0.3) is 0 Å². The van der Waals surface area contributed by atoms with Crippen LogP contribution in [0, 0.1) is 0 Å². The molecule has 57 heavy (non-hydrogen) atoms. The molecule has 264 valence electrons. The second-order valence-electron chi connectivity index (χ2n) is 15.0. The Kier molecular flexibility index (Phi) is 6.93. The highest BCUT2D eigenvalue weighted by Gasteiger charge is 2.19. The molecule has 3 nitrogen and oxygen atoms in total. The fraction of sp³-hybridized carbons (Fsp3) is 0. The first-order valence-corrected chi connectivity index (χ1v) is 19.5. The maximum absolute atomic E-state index is 5.51. The van der Waals surface area contributed by atoms with Crippen LogP contribution >= 0.6 is 0 Å². The molecule has 2 heterocycles. The molecule has 0 saturated carbocycles. The summed E-state index contributed by atoms with van der Waals surface area (Å²) in [6, 6.07) is 72.3. The lowest BCUT2D eigenvalue weighted by Crippen LogP contribution is -1.99. The van der Waals surface area contributed by atoms with Gasteiger partial charge in [-0.1, -0.05) is 146 Å². The molecule has 12 aromatic rings. The summed E-state index contributed by atoms with van der Waals surface area (Å²) >= 11 is 0. The molecule has 0 unspecified atom stereocenters. The molecule has 0 N–H and O–H groups in total. The van der Waals surface area contributed by atoms with Gasteiger partial charge in [0.15, 0.2) is 5.82 Å². The number of hydrogen-bond donors (Lipinski definition) is 0. The van der Waals surface area contributed by atoms with Gasteiger partial charge in [-0.05, 0) is 103 Å². The molecule has 0 saturated heterocycles. The maximum atomic E-state index is 5.51. The number of rotatable bonds is 4. The smallest absolute Gasteiger partial charge is 0.160 e. The van der Waals surface area contributed by atoms with Crippen LogP contribution in [0.5, 0.6) is 0 Å². The molecule has 0 fully saturated rings. The van der Waals surface area contributed by atoms with Crippen LogP contribution in [0.2, 0.25) is 0 Å². The quantitative estimate of drug-likeness (QED) is 0.181. The van der Waals surface area contributed by atoms with E-state index in [0.717, 1.165) is 44.4 Å². The van der Waals surface area contributed by atoms with E-state index in [-0.39, 0.29) is 0 Å². The average molecular weight is 724 g/mol. The Morgan fingerprint density at radius 1 is 0.298 bits per heavy atom. The monoisotopic (exact) mass is 723 g/mol. The van der Waals surface area contributed by atoms with Crippen molar-refractivity contribution in [2.24, 2.45) is 0 Å². The van der Waals surface area contributed by atoms with E-state index in [9.17, 15) is 0 Å². The van der Waals surface area contributed by atoms with Gasteiger partial charge in [-0.3, -0.25) is 0 Å². The summed E-state index contributed by atoms with van der Waals surface area (Å²) in [5.41, 5.74) is 9.61. The normalized spacial score (nSPS) is 11.9. The molecule has 0 atom stereocenters. The third-order valence-electron chi connectivity index (χ3n) is 11.7. The van der Waals surface area contributed by atoms with Crippen LogP contribution in [0.4, 0.5) is 0 Å². The first-order valence-electron chi connectivity index (χ1n) is 19.5. The van der Waals surface area contributed by atoms with E-state index in [0.29, 0.717) is 5.82 Å². The van der Waals surface area contributed by atoms with E-state index in [1.54, 1.807) is 0 Å². The van der Waals surface area contributed by atoms with Gasteiger partial charge < -0.3 is 4.57 Å². The topological polar surface area (TPSA) is 30.7 Å². The minimum Gasteiger partial charge on any atom is -0.309 e. The molecular weight excluding hydrogens is 691 g/mol. The van der Waals surface area contributed by atoms with Crippen molar-refractivity contribution in [1.82, 2.24) is 14.5 Å². The Balaban J connectivity index is 1.12. The summed E-state index contributed by atoms with van der Waals surface area (Å²) in [5.74, 6) is 0.697. The van der Waals surface area contributed by atoms with Gasteiger partial charge in [-0.15, -0.1) is 0 Å². The molecule has 0 bridgehead atoms. The van der Waals surface area contributed by atoms with E-state index < -0.39 is 0 Å². The molecule has 10 aromatic carbocycles. The van der Waals surface area contributed by atoms with Crippen molar-refractivity contribution in [2.75, 3.05) is 0 Å². The third-order valence-corrected chi connectivity index (χ3v) is 11.7. The highest BCUT2D eigenvalue weighted by molar-refractivity contribution is 6.15. The lowest BCUT2D eigenvalue weighted by Gasteiger charge is -2.16. The van der Waals surface area contributed by atoms with E-state index in [4.69, 9.17) is 9.97 Å². The van der Waals surface area contributed by atoms with E-state index in [1.165, 1.54) is 65.1 Å². The summed E-state index contributed by atoms with van der Waals surface area (Å²) in [5, 5.41) is 13.1. The van der Waals surface area contributed by atoms with Crippen LogP contribution < -0.4 is 0 Å². The van der Waals surface area contributed by atoms with Crippen LogP contribution in [0.25, 0.3) is 115 Å². The second kappa shape index (κ2) is 12.5. The number of para-hydroxylation sites is 1. The number of nitrogens with zero attached hydrogens (tertiary/aromatic N) is 3. The van der Waals surface area contributed by atoms with Crippen molar-refractivity contribution in [1.29, 1.82) is 0 Å². The molecule has 2 aromatic heterocycles. The predicted molar refractivity (Wildman–Crippen MR) is 240 cm³/mol. The highest BCUT2D eigenvalue weighted by atomic mass is 15.0. The standard InChI is InChI=1S/C54H33N3/c1-3-13-36-27-40(23-21-34(36)11-1)41-25-26-49-48(31-41)53(43-24-22-35-12-2-4-14-37(35)28-43)56-54(55-49)44-29-42-17-7-8-18-45(42)51(33-44)57-50-20-10-9-19-46(50)47-30-38-15-5-6-16-39(38)32-52(47)57/h1-33H. The molecule has 0 aliphatic heterocycles. The van der Waals surface area contributed by atoms with Crippen LogP contribution in [0.1, 0.15) is 0 Å².